The minimum atomic E-state index is -4.02. The van der Waals surface area contributed by atoms with Crippen LogP contribution in [0.2, 0.25) is 0 Å². The number of anilines is 1. The minimum absolute atomic E-state index is 0.0158. The van der Waals surface area contributed by atoms with Gasteiger partial charge in [-0.15, -0.1) is 0 Å². The summed E-state index contributed by atoms with van der Waals surface area (Å²) in [6, 6.07) is 10.8. The summed E-state index contributed by atoms with van der Waals surface area (Å²) >= 11 is 0. The highest BCUT2D eigenvalue weighted by atomic mass is 32.2. The lowest BCUT2D eigenvalue weighted by Crippen LogP contribution is -2.45. The first kappa shape index (κ1) is 26.4. The number of benzene rings is 1. The molecular formula is C26H37N5O4S. The average molecular weight is 516 g/mol. The van der Waals surface area contributed by atoms with Crippen molar-refractivity contribution in [3.8, 4) is 17.0 Å². The number of aromatic nitrogens is 1. The number of nitrogens with two attached hydrogens (primary N) is 1. The molecule has 9 nitrogen and oxygen atoms in total. The van der Waals surface area contributed by atoms with Crippen LogP contribution >= 0.6 is 0 Å². The summed E-state index contributed by atoms with van der Waals surface area (Å²) in [5.41, 5.74) is 7.29. The van der Waals surface area contributed by atoms with Gasteiger partial charge in [0.1, 0.15) is 11.6 Å². The van der Waals surface area contributed by atoms with Crippen molar-refractivity contribution in [2.24, 2.45) is 11.7 Å². The van der Waals surface area contributed by atoms with Crippen molar-refractivity contribution in [2.75, 3.05) is 24.5 Å². The number of pyridine rings is 1. The van der Waals surface area contributed by atoms with Crippen molar-refractivity contribution in [3.05, 3.63) is 42.0 Å². The summed E-state index contributed by atoms with van der Waals surface area (Å²) in [5, 5.41) is 0. The molecule has 2 aromatic rings. The molecule has 2 saturated heterocycles. The van der Waals surface area contributed by atoms with Gasteiger partial charge in [-0.25, -0.2) is 9.71 Å². The molecule has 2 aliphatic heterocycles. The molecule has 0 saturated carbocycles. The van der Waals surface area contributed by atoms with Gasteiger partial charge in [0.2, 0.25) is 0 Å². The van der Waals surface area contributed by atoms with E-state index in [1.165, 1.54) is 4.31 Å². The van der Waals surface area contributed by atoms with E-state index >= 15 is 0 Å². The lowest BCUT2D eigenvalue weighted by atomic mass is 9.90. The van der Waals surface area contributed by atoms with Gasteiger partial charge >= 0.3 is 10.2 Å². The summed E-state index contributed by atoms with van der Waals surface area (Å²) in [6.45, 7) is 11.5. The molecule has 1 unspecified atom stereocenters. The molecule has 0 spiro atoms. The Kier molecular flexibility index (Phi) is 7.32. The number of nitrogens with zero attached hydrogens (tertiary/aromatic N) is 3. The third-order valence-electron chi connectivity index (χ3n) is 7.34. The van der Waals surface area contributed by atoms with Crippen molar-refractivity contribution in [3.63, 3.8) is 0 Å². The van der Waals surface area contributed by atoms with Crippen molar-refractivity contribution in [2.45, 2.75) is 65.1 Å². The Bertz CT molecular complexity index is 1230. The van der Waals surface area contributed by atoms with Crippen LogP contribution in [0, 0.1) is 5.92 Å². The fraction of sp³-hybridized carbons (Fsp3) is 0.538. The van der Waals surface area contributed by atoms with Crippen LogP contribution in [-0.4, -0.2) is 60.9 Å². The lowest BCUT2D eigenvalue weighted by Gasteiger charge is -2.36. The van der Waals surface area contributed by atoms with Crippen LogP contribution in [0.5, 0.6) is 5.75 Å². The third-order valence-corrected chi connectivity index (χ3v) is 8.79. The molecule has 4 rings (SSSR count). The minimum Gasteiger partial charge on any atom is -0.490 e. The lowest BCUT2D eigenvalue weighted by molar-refractivity contribution is 0.0979. The number of hydrogen-bond acceptors (Lipinski definition) is 7. The predicted molar refractivity (Wildman–Crippen MR) is 141 cm³/mol. The molecular weight excluding hydrogens is 478 g/mol. The first-order valence-electron chi connectivity index (χ1n) is 12.5. The molecule has 2 atom stereocenters. The summed E-state index contributed by atoms with van der Waals surface area (Å²) in [7, 11) is -4.02. The summed E-state index contributed by atoms with van der Waals surface area (Å²) < 4.78 is 35.3. The second kappa shape index (κ2) is 9.99. The molecule has 2 fully saturated rings. The Hall–Kier alpha value is -2.69. The maximum Gasteiger partial charge on any atom is 0.304 e. The van der Waals surface area contributed by atoms with Crippen molar-refractivity contribution < 1.29 is 17.9 Å². The number of nitrogens with one attached hydrogen (secondary N) is 1. The van der Waals surface area contributed by atoms with Gasteiger partial charge in [-0.3, -0.25) is 4.79 Å². The van der Waals surface area contributed by atoms with Crippen LogP contribution < -0.4 is 20.1 Å². The molecule has 0 aliphatic carbocycles. The van der Waals surface area contributed by atoms with E-state index in [0.717, 1.165) is 12.0 Å². The van der Waals surface area contributed by atoms with E-state index in [0.29, 0.717) is 36.1 Å². The number of rotatable bonds is 7. The Labute approximate surface area is 214 Å². The molecule has 2 aliphatic rings. The maximum absolute atomic E-state index is 13.4. The predicted octanol–water partition coefficient (Wildman–Crippen LogP) is 3.17. The van der Waals surface area contributed by atoms with E-state index < -0.39 is 16.1 Å². The molecule has 1 amide bonds. The largest absolute Gasteiger partial charge is 0.490 e. The van der Waals surface area contributed by atoms with Gasteiger partial charge in [0.25, 0.3) is 5.91 Å². The van der Waals surface area contributed by atoms with Gasteiger partial charge in [-0.2, -0.15) is 12.7 Å². The number of hydrogen-bond donors (Lipinski definition) is 2. The second-order valence-electron chi connectivity index (χ2n) is 10.6. The van der Waals surface area contributed by atoms with E-state index in [-0.39, 0.29) is 36.3 Å². The first-order chi connectivity index (χ1) is 16.9. The molecule has 1 aromatic heterocycles. The topological polar surface area (TPSA) is 118 Å². The standard InChI is InChI=1S/C26H37N5O4S/c1-17(2)35-23-9-7-6-8-20(23)22-11-10-21(24(28-22)31-15-12-18(3)26(31,4)5)25(32)29-36(33,34)30-14-13-19(27)16-30/h6-11,17-19H,12-16,27H2,1-5H3,(H,29,32)/t18?,19-/m0/s1. The molecule has 196 valence electrons. The smallest absolute Gasteiger partial charge is 0.304 e. The van der Waals surface area contributed by atoms with Crippen LogP contribution in [0.3, 0.4) is 0 Å². The SMILES string of the molecule is CC(C)Oc1ccccc1-c1ccc(C(=O)NS(=O)(=O)N2CC[C@H](N)C2)c(N2CCC(C)C2(C)C)n1. The molecule has 3 N–H and O–H groups in total. The zero-order valence-corrected chi connectivity index (χ0v) is 22.5. The summed E-state index contributed by atoms with van der Waals surface area (Å²) in [6.07, 6.45) is 1.49. The third kappa shape index (κ3) is 5.21. The fourth-order valence-corrected chi connectivity index (χ4v) is 6.04. The van der Waals surface area contributed by atoms with Gasteiger partial charge in [-0.05, 0) is 70.7 Å². The molecule has 1 aromatic carbocycles. The quantitative estimate of drug-likeness (QED) is 0.581. The van der Waals surface area contributed by atoms with Gasteiger partial charge < -0.3 is 15.4 Å². The highest BCUT2D eigenvalue weighted by Crippen LogP contribution is 2.40. The average Bonchev–Trinajstić information content (AvgIpc) is 3.36. The van der Waals surface area contributed by atoms with Gasteiger partial charge in [0.15, 0.2) is 0 Å². The highest BCUT2D eigenvalue weighted by Gasteiger charge is 2.41. The van der Waals surface area contributed by atoms with Crippen LogP contribution in [0.15, 0.2) is 36.4 Å². The number of ether oxygens (including phenoxy) is 1. The maximum atomic E-state index is 13.4. The summed E-state index contributed by atoms with van der Waals surface area (Å²) in [4.78, 5) is 20.4. The molecule has 3 heterocycles. The van der Waals surface area contributed by atoms with Crippen LogP contribution in [-0.2, 0) is 10.2 Å². The van der Waals surface area contributed by atoms with Gasteiger partial charge in [0.05, 0.1) is 17.4 Å². The zero-order chi connectivity index (χ0) is 26.3. The van der Waals surface area contributed by atoms with E-state index in [1.54, 1.807) is 12.1 Å². The number of carbonyl (C=O) groups is 1. The van der Waals surface area contributed by atoms with Gasteiger partial charge in [-0.1, -0.05) is 19.1 Å². The fourth-order valence-electron chi connectivity index (χ4n) is 4.83. The van der Waals surface area contributed by atoms with E-state index in [9.17, 15) is 13.2 Å². The summed E-state index contributed by atoms with van der Waals surface area (Å²) in [5.74, 6) is 0.828. The second-order valence-corrected chi connectivity index (χ2v) is 12.2. The Morgan fingerprint density at radius 2 is 1.89 bits per heavy atom. The van der Waals surface area contributed by atoms with Crippen molar-refractivity contribution >= 4 is 21.9 Å². The van der Waals surface area contributed by atoms with E-state index in [4.69, 9.17) is 15.5 Å². The zero-order valence-electron chi connectivity index (χ0n) is 21.7. The van der Waals surface area contributed by atoms with Crippen LogP contribution in [0.1, 0.15) is 57.8 Å². The molecule has 36 heavy (non-hydrogen) atoms. The molecule has 0 bridgehead atoms. The first-order valence-corrected chi connectivity index (χ1v) is 14.0. The van der Waals surface area contributed by atoms with Gasteiger partial charge in [0, 0.05) is 36.8 Å². The Morgan fingerprint density at radius 3 is 2.50 bits per heavy atom. The van der Waals surface area contributed by atoms with Crippen molar-refractivity contribution in [1.29, 1.82) is 0 Å². The number of carbonyl (C=O) groups excluding carboxylic acids is 1. The van der Waals surface area contributed by atoms with Crippen molar-refractivity contribution in [1.82, 2.24) is 14.0 Å². The Morgan fingerprint density at radius 1 is 1.17 bits per heavy atom. The Balaban J connectivity index is 1.76. The monoisotopic (exact) mass is 515 g/mol. The van der Waals surface area contributed by atoms with E-state index in [2.05, 4.69) is 30.4 Å². The van der Waals surface area contributed by atoms with E-state index in [1.807, 2.05) is 38.1 Å². The van der Waals surface area contributed by atoms with Crippen LogP contribution in [0.25, 0.3) is 11.3 Å². The normalized spacial score (nSPS) is 22.2. The molecule has 0 radical (unpaired) electrons. The number of para-hydroxylation sites is 1. The molecule has 10 heteroatoms. The highest BCUT2D eigenvalue weighted by molar-refractivity contribution is 7.87. The number of amides is 1. The van der Waals surface area contributed by atoms with Crippen LogP contribution in [0.4, 0.5) is 5.82 Å².